The minimum Gasteiger partial charge on any atom is -0.449 e. The molecule has 4 heteroatoms. The fraction of sp³-hybridized carbons (Fsp3) is 0.158. The van der Waals surface area contributed by atoms with Crippen LogP contribution in [-0.4, -0.2) is 6.61 Å². The first-order valence-corrected chi connectivity index (χ1v) is 8.90. The third-order valence-corrected chi connectivity index (χ3v) is 5.01. The van der Waals surface area contributed by atoms with Crippen LogP contribution >= 0.6 is 8.03 Å². The van der Waals surface area contributed by atoms with Gasteiger partial charge in [0.15, 0.2) is 11.5 Å². The van der Waals surface area contributed by atoms with Crippen LogP contribution in [0.3, 0.4) is 0 Å². The second-order valence-electron chi connectivity index (χ2n) is 5.54. The number of rotatable bonds is 5. The van der Waals surface area contributed by atoms with Gasteiger partial charge in [-0.05, 0) is 33.4 Å². The van der Waals surface area contributed by atoms with E-state index in [9.17, 15) is 4.57 Å². The zero-order chi connectivity index (χ0) is 15.8. The molecule has 3 nitrogen and oxygen atoms in total. The molecule has 0 saturated carbocycles. The van der Waals surface area contributed by atoms with Gasteiger partial charge in [-0.1, -0.05) is 43.3 Å². The van der Waals surface area contributed by atoms with Gasteiger partial charge in [-0.25, -0.2) is 0 Å². The van der Waals surface area contributed by atoms with Crippen molar-refractivity contribution in [3.8, 4) is 22.6 Å². The molecule has 1 aliphatic rings. The van der Waals surface area contributed by atoms with E-state index in [1.165, 1.54) is 0 Å². The third kappa shape index (κ3) is 2.63. The molecule has 0 bridgehead atoms. The van der Waals surface area contributed by atoms with Crippen molar-refractivity contribution in [3.63, 3.8) is 0 Å². The summed E-state index contributed by atoms with van der Waals surface area (Å²) in [4.78, 5) is 0. The molecule has 1 unspecified atom stereocenters. The van der Waals surface area contributed by atoms with Crippen molar-refractivity contribution in [2.75, 3.05) is 6.61 Å². The maximum atomic E-state index is 12.4. The van der Waals surface area contributed by atoms with Gasteiger partial charge in [-0.2, -0.15) is 0 Å². The molecular formula is C19H16O3P+. The molecule has 0 amide bonds. The van der Waals surface area contributed by atoms with E-state index in [2.05, 4.69) is 6.07 Å². The molecule has 23 heavy (non-hydrogen) atoms. The number of para-hydroxylation sites is 1. The Balaban J connectivity index is 1.89. The van der Waals surface area contributed by atoms with E-state index in [-0.39, 0.29) is 0 Å². The number of ether oxygens (including phenoxy) is 1. The summed E-state index contributed by atoms with van der Waals surface area (Å²) < 4.78 is 23.4. The second kappa shape index (κ2) is 5.77. The fourth-order valence-corrected chi connectivity index (χ4v) is 3.75. The fourth-order valence-electron chi connectivity index (χ4n) is 2.77. The van der Waals surface area contributed by atoms with Crippen LogP contribution in [0.5, 0.6) is 11.5 Å². The monoisotopic (exact) mass is 323 g/mol. The Kier molecular flexibility index (Phi) is 3.60. The quantitative estimate of drug-likeness (QED) is 0.364. The third-order valence-electron chi connectivity index (χ3n) is 3.91. The Bertz CT molecular complexity index is 918. The Morgan fingerprint density at radius 3 is 2.78 bits per heavy atom. The molecule has 0 N–H and O–H groups in total. The molecule has 3 aromatic carbocycles. The summed E-state index contributed by atoms with van der Waals surface area (Å²) in [5.74, 6) is 1.84. The van der Waals surface area contributed by atoms with Gasteiger partial charge in [0.1, 0.15) is 6.61 Å². The summed E-state index contributed by atoms with van der Waals surface area (Å²) in [7, 11) is -1.84. The van der Waals surface area contributed by atoms with Crippen molar-refractivity contribution in [1.82, 2.24) is 0 Å². The van der Waals surface area contributed by atoms with Crippen molar-refractivity contribution < 1.29 is 13.8 Å². The van der Waals surface area contributed by atoms with E-state index in [0.29, 0.717) is 6.61 Å². The Morgan fingerprint density at radius 2 is 1.91 bits per heavy atom. The molecule has 3 aromatic rings. The zero-order valence-electron chi connectivity index (χ0n) is 12.8. The minimum atomic E-state index is -1.84. The average molecular weight is 323 g/mol. The first-order valence-electron chi connectivity index (χ1n) is 7.72. The van der Waals surface area contributed by atoms with Gasteiger partial charge in [-0.3, -0.25) is 0 Å². The molecule has 0 fully saturated rings. The lowest BCUT2D eigenvalue weighted by molar-refractivity contribution is 0.335. The number of hydrogen-bond donors (Lipinski definition) is 0. The van der Waals surface area contributed by atoms with Crippen molar-refractivity contribution in [1.29, 1.82) is 0 Å². The summed E-state index contributed by atoms with van der Waals surface area (Å²) >= 11 is 0. The highest BCUT2D eigenvalue weighted by molar-refractivity contribution is 7.48. The predicted molar refractivity (Wildman–Crippen MR) is 92.9 cm³/mol. The van der Waals surface area contributed by atoms with E-state index in [4.69, 9.17) is 9.26 Å². The van der Waals surface area contributed by atoms with Crippen molar-refractivity contribution in [2.24, 2.45) is 0 Å². The normalized spacial score (nSPS) is 12.7. The molecule has 1 heterocycles. The van der Waals surface area contributed by atoms with Gasteiger partial charge >= 0.3 is 8.03 Å². The summed E-state index contributed by atoms with van der Waals surface area (Å²) in [5, 5.41) is 2.90. The smallest absolute Gasteiger partial charge is 0.449 e. The number of fused-ring (bicyclic) bond motifs is 2. The van der Waals surface area contributed by atoms with Gasteiger partial charge in [0.25, 0.3) is 0 Å². The van der Waals surface area contributed by atoms with Crippen LogP contribution in [-0.2, 0) is 9.09 Å². The standard InChI is InChI=1S/C19H16O3P/c1-2-10-21-23(20)14-11-13-6-3-4-7-15(13)17(12-14)16-8-5-9-18-19(16)22-18/h3-9,11-12H,2,10H2,1H3/q+1. The van der Waals surface area contributed by atoms with Crippen molar-refractivity contribution in [3.05, 3.63) is 54.6 Å². The topological polar surface area (TPSA) is 38.8 Å². The SMILES string of the molecule is CCCO[P+](=O)c1cc(-c2cccc3c2O3)c2ccccc2c1. The number of hydrogen-bond acceptors (Lipinski definition) is 3. The lowest BCUT2D eigenvalue weighted by Gasteiger charge is -2.05. The van der Waals surface area contributed by atoms with E-state index in [1.807, 2.05) is 55.5 Å². The van der Waals surface area contributed by atoms with Gasteiger partial charge in [-0.15, -0.1) is 4.52 Å². The summed E-state index contributed by atoms with van der Waals surface area (Å²) in [6.07, 6.45) is 0.849. The van der Waals surface area contributed by atoms with Crippen LogP contribution in [0.1, 0.15) is 13.3 Å². The Hall–Kier alpha value is -2.22. The Morgan fingerprint density at radius 1 is 1.04 bits per heavy atom. The lowest BCUT2D eigenvalue weighted by Crippen LogP contribution is -2.00. The average Bonchev–Trinajstić information content (AvgIpc) is 3.38. The van der Waals surface area contributed by atoms with Crippen LogP contribution < -0.4 is 10.0 Å². The molecule has 1 atom stereocenters. The molecule has 0 radical (unpaired) electrons. The molecule has 1 aliphatic heterocycles. The van der Waals surface area contributed by atoms with E-state index < -0.39 is 8.03 Å². The summed E-state index contributed by atoms with van der Waals surface area (Å²) in [5.41, 5.74) is 2.08. The molecule has 4 rings (SSSR count). The van der Waals surface area contributed by atoms with Crippen LogP contribution in [0.15, 0.2) is 54.6 Å². The van der Waals surface area contributed by atoms with E-state index in [1.54, 1.807) is 0 Å². The van der Waals surface area contributed by atoms with Gasteiger partial charge in [0.05, 0.1) is 0 Å². The first kappa shape index (κ1) is 14.4. The second-order valence-corrected chi connectivity index (χ2v) is 6.83. The van der Waals surface area contributed by atoms with E-state index >= 15 is 0 Å². The van der Waals surface area contributed by atoms with Gasteiger partial charge in [0, 0.05) is 17.7 Å². The summed E-state index contributed by atoms with van der Waals surface area (Å²) in [6.45, 7) is 2.51. The molecule has 0 spiro atoms. The molecule has 0 aliphatic carbocycles. The van der Waals surface area contributed by atoms with Crippen LogP contribution in [0.2, 0.25) is 0 Å². The highest BCUT2D eigenvalue weighted by Gasteiger charge is 2.28. The lowest BCUT2D eigenvalue weighted by atomic mass is 9.98. The van der Waals surface area contributed by atoms with Crippen molar-refractivity contribution in [2.45, 2.75) is 13.3 Å². The van der Waals surface area contributed by atoms with Gasteiger partial charge in [0.2, 0.25) is 5.30 Å². The van der Waals surface area contributed by atoms with Gasteiger partial charge < -0.3 is 4.74 Å². The van der Waals surface area contributed by atoms with Crippen LogP contribution in [0.4, 0.5) is 0 Å². The minimum absolute atomic E-state index is 0.501. The molecule has 0 aromatic heterocycles. The van der Waals surface area contributed by atoms with E-state index in [0.717, 1.165) is 45.1 Å². The first-order chi connectivity index (χ1) is 11.3. The predicted octanol–water partition coefficient (Wildman–Crippen LogP) is 5.41. The maximum Gasteiger partial charge on any atom is 0.548 e. The van der Waals surface area contributed by atoms with Crippen molar-refractivity contribution >= 4 is 24.1 Å². The molecular weight excluding hydrogens is 307 g/mol. The largest absolute Gasteiger partial charge is 0.548 e. The molecule has 114 valence electrons. The maximum absolute atomic E-state index is 12.4. The highest BCUT2D eigenvalue weighted by atomic mass is 31.1. The number of benzene rings is 3. The molecule has 0 saturated heterocycles. The summed E-state index contributed by atoms with van der Waals surface area (Å²) in [6, 6.07) is 18.0. The van der Waals surface area contributed by atoms with Crippen LogP contribution in [0, 0.1) is 0 Å². The zero-order valence-corrected chi connectivity index (χ0v) is 13.7. The highest BCUT2D eigenvalue weighted by Crippen LogP contribution is 2.52. The Labute approximate surface area is 135 Å². The van der Waals surface area contributed by atoms with Crippen LogP contribution in [0.25, 0.3) is 21.9 Å².